The molecule has 0 aliphatic rings. The number of thiol groups is 1. The summed E-state index contributed by atoms with van der Waals surface area (Å²) >= 11 is -0.576. The Bertz CT molecular complexity index is 104. The van der Waals surface area contributed by atoms with Gasteiger partial charge in [-0.2, -0.15) is 11.5 Å². The van der Waals surface area contributed by atoms with E-state index < -0.39 is 17.5 Å². The lowest BCUT2D eigenvalue weighted by molar-refractivity contribution is 0.257. The Kier molecular flexibility index (Phi) is 2.39. The molecule has 0 aromatic carbocycles. The van der Waals surface area contributed by atoms with E-state index in [1.165, 1.54) is 0 Å². The third-order valence-electron chi connectivity index (χ3n) is 0.139. The number of hydrogen-bond acceptors (Lipinski definition) is 3. The molecule has 0 saturated heterocycles. The molecular weight excluding hydrogens is 104 g/mol. The largest absolute Gasteiger partial charge is 0.447 e. The fraction of sp³-hybridized carbons (Fsp3) is 0. The van der Waals surface area contributed by atoms with Gasteiger partial charge >= 0.3 is 6.03 Å². The number of urea groups is 1. The Hall–Kier alpha value is -0.580. The molecule has 0 spiro atoms. The fourth-order valence-electron chi connectivity index (χ4n) is 0.0402. The molecule has 4 nitrogen and oxygen atoms in total. The molecule has 36 valence electrons. The van der Waals surface area contributed by atoms with Crippen molar-refractivity contribution in [2.45, 2.75) is 0 Å². The molecule has 0 saturated carbocycles. The zero-order valence-electron chi connectivity index (χ0n) is 2.79. The molecule has 0 rings (SSSR count). The number of nitrogens with two attached hydrogens (primary N) is 1. The number of primary amides is 1. The molecule has 0 aromatic heterocycles. The van der Waals surface area contributed by atoms with Gasteiger partial charge in [-0.05, 0) is 0 Å². The summed E-state index contributed by atoms with van der Waals surface area (Å²) in [5.41, 5.74) is 4.39. The van der Waals surface area contributed by atoms with Crippen LogP contribution in [0.2, 0.25) is 0 Å². The molecule has 0 bridgehead atoms. The monoisotopic (exact) mass is 107 g/mol. The van der Waals surface area contributed by atoms with E-state index in [0.717, 1.165) is 0 Å². The van der Waals surface area contributed by atoms with Gasteiger partial charge in [0.1, 0.15) is 0 Å². The van der Waals surface area contributed by atoms with E-state index in [1.54, 1.807) is 0 Å². The summed E-state index contributed by atoms with van der Waals surface area (Å²) in [5.74, 6) is 0. The van der Waals surface area contributed by atoms with Crippen LogP contribution in [0, 0.1) is 0 Å². The number of rotatable bonds is 0. The Morgan fingerprint density at radius 2 is 2.33 bits per heavy atom. The Balaban J connectivity index is 3.60. The fourth-order valence-corrected chi connectivity index (χ4v) is 0.121. The standard InChI is InChI=1S/CH3N2O2S/c2-1(4)3-6-5/h6H,(H2,2,4)/q-1. The molecule has 2 N–H and O–H groups in total. The van der Waals surface area contributed by atoms with Crippen LogP contribution in [0.4, 0.5) is 4.79 Å². The lowest BCUT2D eigenvalue weighted by Crippen LogP contribution is -2.01. The highest BCUT2D eigenvalue weighted by Gasteiger charge is 1.67. The van der Waals surface area contributed by atoms with Gasteiger partial charge in [-0.1, -0.05) is 0 Å². The third kappa shape index (κ3) is 3.42. The number of carbonyl (C=O) groups is 1. The van der Waals surface area contributed by atoms with Crippen molar-refractivity contribution in [1.29, 1.82) is 0 Å². The molecule has 2 amide bonds. The summed E-state index contributed by atoms with van der Waals surface area (Å²) in [5, 5.41) is 0. The number of carbonyl (C=O) groups excluding carboxylic acids is 1. The van der Waals surface area contributed by atoms with Gasteiger partial charge in [0.15, 0.2) is 0 Å². The van der Waals surface area contributed by atoms with Crippen LogP contribution in [0.1, 0.15) is 0 Å². The lowest BCUT2D eigenvalue weighted by atomic mass is 11.2. The molecule has 5 heteroatoms. The second kappa shape index (κ2) is 2.65. The second-order valence-electron chi connectivity index (χ2n) is 0.520. The molecule has 0 aromatic rings. The quantitative estimate of drug-likeness (QED) is 0.332. The molecule has 0 atom stereocenters. The summed E-state index contributed by atoms with van der Waals surface area (Å²) < 4.78 is 11.9. The van der Waals surface area contributed by atoms with Crippen LogP contribution in [-0.4, -0.2) is 6.03 Å². The first kappa shape index (κ1) is 5.42. The van der Waals surface area contributed by atoms with E-state index in [4.69, 9.17) is 0 Å². The number of amides is 2. The number of nitrogens with zero attached hydrogens (tertiary/aromatic N) is 1. The van der Waals surface area contributed by atoms with Crippen LogP contribution in [0.15, 0.2) is 4.36 Å². The van der Waals surface area contributed by atoms with Gasteiger partial charge in [0.25, 0.3) is 0 Å². The van der Waals surface area contributed by atoms with E-state index in [-0.39, 0.29) is 0 Å². The van der Waals surface area contributed by atoms with Crippen molar-refractivity contribution in [2.75, 3.05) is 0 Å². The Labute approximate surface area is 37.6 Å². The highest BCUT2D eigenvalue weighted by molar-refractivity contribution is 7.55. The summed E-state index contributed by atoms with van der Waals surface area (Å²) in [6.07, 6.45) is 0. The summed E-state index contributed by atoms with van der Waals surface area (Å²) in [6.45, 7) is 0. The van der Waals surface area contributed by atoms with Crippen LogP contribution < -0.4 is 5.73 Å². The van der Waals surface area contributed by atoms with Crippen molar-refractivity contribution in [3.05, 3.63) is 0 Å². The molecule has 0 radical (unpaired) electrons. The SMILES string of the molecule is NC(=O)N=[SH-]=O. The molecule has 0 aliphatic carbocycles. The smallest absolute Gasteiger partial charge is 0.314 e. The highest BCUT2D eigenvalue weighted by Crippen LogP contribution is 1.57. The molecule has 6 heavy (non-hydrogen) atoms. The lowest BCUT2D eigenvalue weighted by Gasteiger charge is -1.74. The summed E-state index contributed by atoms with van der Waals surface area (Å²) in [7, 11) is 0. The van der Waals surface area contributed by atoms with E-state index in [1.807, 2.05) is 0 Å². The van der Waals surface area contributed by atoms with Crippen molar-refractivity contribution in [3.8, 4) is 0 Å². The van der Waals surface area contributed by atoms with Gasteiger partial charge < -0.3 is 14.3 Å². The van der Waals surface area contributed by atoms with Crippen molar-refractivity contribution in [3.63, 3.8) is 0 Å². The summed E-state index contributed by atoms with van der Waals surface area (Å²) in [6, 6.07) is -0.910. The first-order valence-electron chi connectivity index (χ1n) is 1.10. The minimum Gasteiger partial charge on any atom is -0.447 e. The predicted molar refractivity (Wildman–Crippen MR) is 21.5 cm³/mol. The van der Waals surface area contributed by atoms with E-state index >= 15 is 0 Å². The molecule has 0 aliphatic heterocycles. The van der Waals surface area contributed by atoms with Crippen molar-refractivity contribution < 1.29 is 9.00 Å². The second-order valence-corrected chi connectivity index (χ2v) is 0.883. The maximum absolute atomic E-state index is 9.45. The van der Waals surface area contributed by atoms with E-state index in [9.17, 15) is 9.00 Å². The molecule has 0 fully saturated rings. The highest BCUT2D eigenvalue weighted by atomic mass is 32.1. The Morgan fingerprint density at radius 1 is 1.83 bits per heavy atom. The summed E-state index contributed by atoms with van der Waals surface area (Å²) in [4.78, 5) is 9.45. The van der Waals surface area contributed by atoms with Crippen molar-refractivity contribution in [1.82, 2.24) is 0 Å². The van der Waals surface area contributed by atoms with Crippen LogP contribution in [-0.2, 0) is 15.7 Å². The maximum atomic E-state index is 9.45. The first-order chi connectivity index (χ1) is 2.77. The predicted octanol–water partition coefficient (Wildman–Crippen LogP) is -0.591. The van der Waals surface area contributed by atoms with Gasteiger partial charge in [-0.15, -0.1) is 0 Å². The van der Waals surface area contributed by atoms with E-state index in [2.05, 4.69) is 10.1 Å². The normalized spacial score (nSPS) is 7.33. The minimum atomic E-state index is -0.910. The topological polar surface area (TPSA) is 72.5 Å². The average molecular weight is 107 g/mol. The van der Waals surface area contributed by atoms with Gasteiger partial charge in [0.05, 0.1) is 0 Å². The van der Waals surface area contributed by atoms with Gasteiger partial charge in [0, 0.05) is 0 Å². The van der Waals surface area contributed by atoms with Gasteiger partial charge in [-0.3, -0.25) is 0 Å². The first-order valence-corrected chi connectivity index (χ1v) is 1.86. The zero-order valence-corrected chi connectivity index (χ0v) is 3.68. The average Bonchev–Trinajstić information content (AvgIpc) is 1.35. The molecule has 0 unspecified atom stereocenters. The zero-order chi connectivity index (χ0) is 4.99. The van der Waals surface area contributed by atoms with Crippen molar-refractivity contribution >= 4 is 17.5 Å². The Morgan fingerprint density at radius 3 is 2.33 bits per heavy atom. The van der Waals surface area contributed by atoms with Gasteiger partial charge in [0.2, 0.25) is 0 Å². The van der Waals surface area contributed by atoms with Gasteiger partial charge in [-0.25, -0.2) is 4.79 Å². The maximum Gasteiger partial charge on any atom is 0.314 e. The van der Waals surface area contributed by atoms with E-state index in [0.29, 0.717) is 0 Å². The van der Waals surface area contributed by atoms with Crippen LogP contribution in [0.5, 0.6) is 0 Å². The van der Waals surface area contributed by atoms with Crippen LogP contribution >= 0.6 is 0 Å². The number of hydrogen-bond donors (Lipinski definition) is 1. The van der Waals surface area contributed by atoms with Crippen LogP contribution in [0.3, 0.4) is 0 Å². The minimum absolute atomic E-state index is 0.576. The molecule has 0 heterocycles. The third-order valence-corrected chi connectivity index (χ3v) is 0.418. The van der Waals surface area contributed by atoms with Crippen molar-refractivity contribution in [2.24, 2.45) is 10.1 Å². The van der Waals surface area contributed by atoms with Crippen LogP contribution in [0.25, 0.3) is 0 Å². The molecular formula is CH3N2O2S-.